The summed E-state index contributed by atoms with van der Waals surface area (Å²) in [5, 5.41) is 10.7. The minimum Gasteiger partial charge on any atom is -0.507 e. The van der Waals surface area contributed by atoms with Crippen LogP contribution in [-0.4, -0.2) is 10.1 Å². The Hall–Kier alpha value is -1.87. The van der Waals surface area contributed by atoms with Gasteiger partial charge in [0.15, 0.2) is 0 Å². The number of fused-ring (bicyclic) bond motifs is 1. The molecule has 2 nitrogen and oxygen atoms in total. The van der Waals surface area contributed by atoms with Crippen molar-refractivity contribution < 1.29 is 5.11 Å². The molecule has 0 saturated heterocycles. The lowest BCUT2D eigenvalue weighted by atomic mass is 10.2. The standard InChI is InChI=1S/C14H11NOS/c1-9-6-7-13-11(8-9)15-14(17-13)10-4-2-3-5-12(10)16/h2-8,16H,1H3. The van der Waals surface area contributed by atoms with Crippen LogP contribution in [0.4, 0.5) is 0 Å². The summed E-state index contributed by atoms with van der Waals surface area (Å²) in [5.41, 5.74) is 2.99. The number of aromatic hydroxyl groups is 1. The molecule has 0 amide bonds. The smallest absolute Gasteiger partial charge is 0.128 e. The van der Waals surface area contributed by atoms with Gasteiger partial charge in [0, 0.05) is 0 Å². The van der Waals surface area contributed by atoms with E-state index < -0.39 is 0 Å². The summed E-state index contributed by atoms with van der Waals surface area (Å²) in [4.78, 5) is 4.56. The average molecular weight is 241 g/mol. The van der Waals surface area contributed by atoms with E-state index in [9.17, 15) is 5.11 Å². The summed E-state index contributed by atoms with van der Waals surface area (Å²) in [7, 11) is 0. The van der Waals surface area contributed by atoms with Crippen LogP contribution in [0.3, 0.4) is 0 Å². The Kier molecular flexibility index (Phi) is 2.34. The second-order valence-electron chi connectivity index (χ2n) is 4.01. The lowest BCUT2D eigenvalue weighted by molar-refractivity contribution is 0.477. The van der Waals surface area contributed by atoms with Gasteiger partial charge in [0.2, 0.25) is 0 Å². The van der Waals surface area contributed by atoms with Gasteiger partial charge in [0.1, 0.15) is 10.8 Å². The minimum atomic E-state index is 0.281. The van der Waals surface area contributed by atoms with Gasteiger partial charge >= 0.3 is 0 Å². The Bertz CT molecular complexity index is 688. The van der Waals surface area contributed by atoms with Gasteiger partial charge in [-0.2, -0.15) is 0 Å². The van der Waals surface area contributed by atoms with Crippen LogP contribution < -0.4 is 0 Å². The molecule has 3 rings (SSSR count). The molecular formula is C14H11NOS. The zero-order valence-electron chi connectivity index (χ0n) is 9.34. The number of benzene rings is 2. The zero-order valence-corrected chi connectivity index (χ0v) is 10.2. The van der Waals surface area contributed by atoms with Crippen molar-refractivity contribution in [1.29, 1.82) is 0 Å². The molecule has 0 atom stereocenters. The molecule has 0 saturated carbocycles. The number of aryl methyl sites for hydroxylation is 1. The number of rotatable bonds is 1. The molecule has 17 heavy (non-hydrogen) atoms. The number of para-hydroxylation sites is 1. The summed E-state index contributed by atoms with van der Waals surface area (Å²) >= 11 is 1.60. The SMILES string of the molecule is Cc1ccc2sc(-c3ccccc3O)nc2c1. The van der Waals surface area contributed by atoms with Crippen LogP contribution in [0.15, 0.2) is 42.5 Å². The van der Waals surface area contributed by atoms with Gasteiger partial charge in [-0.05, 0) is 36.8 Å². The third-order valence-corrected chi connectivity index (χ3v) is 3.75. The number of nitrogens with zero attached hydrogens (tertiary/aromatic N) is 1. The summed E-state index contributed by atoms with van der Waals surface area (Å²) in [6.07, 6.45) is 0. The predicted octanol–water partition coefficient (Wildman–Crippen LogP) is 3.98. The van der Waals surface area contributed by atoms with Crippen LogP contribution >= 0.6 is 11.3 Å². The molecule has 2 aromatic carbocycles. The maximum absolute atomic E-state index is 9.81. The summed E-state index contributed by atoms with van der Waals surface area (Å²) < 4.78 is 1.15. The van der Waals surface area contributed by atoms with Gasteiger partial charge in [-0.15, -0.1) is 11.3 Å². The Morgan fingerprint density at radius 2 is 1.94 bits per heavy atom. The largest absolute Gasteiger partial charge is 0.507 e. The first-order valence-electron chi connectivity index (χ1n) is 5.39. The molecule has 84 valence electrons. The normalized spacial score (nSPS) is 10.9. The quantitative estimate of drug-likeness (QED) is 0.699. The number of phenolic OH excluding ortho intramolecular Hbond substituents is 1. The molecule has 0 radical (unpaired) electrons. The number of thiazole rings is 1. The molecule has 0 fully saturated rings. The summed E-state index contributed by atoms with van der Waals surface area (Å²) in [6, 6.07) is 13.5. The molecule has 1 heterocycles. The van der Waals surface area contributed by atoms with Crippen LogP contribution in [0.5, 0.6) is 5.75 Å². The predicted molar refractivity (Wildman–Crippen MR) is 71.5 cm³/mol. The van der Waals surface area contributed by atoms with Crippen molar-refractivity contribution in [2.75, 3.05) is 0 Å². The van der Waals surface area contributed by atoms with E-state index >= 15 is 0 Å². The fourth-order valence-electron chi connectivity index (χ4n) is 1.81. The third kappa shape index (κ3) is 1.78. The van der Waals surface area contributed by atoms with Crippen LogP contribution in [0, 0.1) is 6.92 Å². The van der Waals surface area contributed by atoms with Crippen molar-refractivity contribution in [3.05, 3.63) is 48.0 Å². The number of hydrogen-bond donors (Lipinski definition) is 1. The Morgan fingerprint density at radius 3 is 2.76 bits per heavy atom. The molecule has 3 aromatic rings. The van der Waals surface area contributed by atoms with E-state index in [-0.39, 0.29) is 5.75 Å². The second-order valence-corrected chi connectivity index (χ2v) is 5.04. The first-order chi connectivity index (χ1) is 8.24. The van der Waals surface area contributed by atoms with Crippen LogP contribution in [0.25, 0.3) is 20.8 Å². The molecule has 1 N–H and O–H groups in total. The van der Waals surface area contributed by atoms with Gasteiger partial charge in [0.25, 0.3) is 0 Å². The highest BCUT2D eigenvalue weighted by atomic mass is 32.1. The average Bonchev–Trinajstić information content (AvgIpc) is 2.72. The van der Waals surface area contributed by atoms with E-state index in [1.165, 1.54) is 5.56 Å². The fourth-order valence-corrected chi connectivity index (χ4v) is 2.79. The molecule has 0 aliphatic rings. The molecule has 0 bridgehead atoms. The third-order valence-electron chi connectivity index (χ3n) is 2.68. The van der Waals surface area contributed by atoms with Gasteiger partial charge in [-0.25, -0.2) is 4.98 Å². The maximum atomic E-state index is 9.81. The number of hydrogen-bond acceptors (Lipinski definition) is 3. The molecule has 0 spiro atoms. The zero-order chi connectivity index (χ0) is 11.8. The Labute approximate surface area is 103 Å². The van der Waals surface area contributed by atoms with Crippen molar-refractivity contribution in [2.24, 2.45) is 0 Å². The highest BCUT2D eigenvalue weighted by Crippen LogP contribution is 2.34. The van der Waals surface area contributed by atoms with Gasteiger partial charge in [0.05, 0.1) is 15.8 Å². The highest BCUT2D eigenvalue weighted by Gasteiger charge is 2.09. The van der Waals surface area contributed by atoms with Gasteiger partial charge < -0.3 is 5.11 Å². The number of phenols is 1. The monoisotopic (exact) mass is 241 g/mol. The van der Waals surface area contributed by atoms with Crippen molar-refractivity contribution in [1.82, 2.24) is 4.98 Å². The van der Waals surface area contributed by atoms with Crippen LogP contribution in [0.2, 0.25) is 0 Å². The van der Waals surface area contributed by atoms with Crippen molar-refractivity contribution in [3.8, 4) is 16.3 Å². The lowest BCUT2D eigenvalue weighted by Crippen LogP contribution is -1.76. The second kappa shape index (κ2) is 3.86. The first-order valence-corrected chi connectivity index (χ1v) is 6.21. The van der Waals surface area contributed by atoms with E-state index in [2.05, 4.69) is 30.1 Å². The highest BCUT2D eigenvalue weighted by molar-refractivity contribution is 7.21. The van der Waals surface area contributed by atoms with Gasteiger partial charge in [-0.3, -0.25) is 0 Å². The maximum Gasteiger partial charge on any atom is 0.128 e. The topological polar surface area (TPSA) is 33.1 Å². The molecule has 0 unspecified atom stereocenters. The summed E-state index contributed by atoms with van der Waals surface area (Å²) in [6.45, 7) is 2.05. The van der Waals surface area contributed by atoms with Crippen molar-refractivity contribution in [2.45, 2.75) is 6.92 Å². The first kappa shape index (κ1) is 10.3. The minimum absolute atomic E-state index is 0.281. The van der Waals surface area contributed by atoms with Crippen molar-refractivity contribution in [3.63, 3.8) is 0 Å². The molecular weight excluding hydrogens is 230 g/mol. The lowest BCUT2D eigenvalue weighted by Gasteiger charge is -1.98. The summed E-state index contributed by atoms with van der Waals surface area (Å²) in [5.74, 6) is 0.281. The van der Waals surface area contributed by atoms with Crippen LogP contribution in [-0.2, 0) is 0 Å². The molecule has 1 aromatic heterocycles. The molecule has 3 heteroatoms. The molecule has 0 aliphatic heterocycles. The van der Waals surface area contributed by atoms with E-state index in [4.69, 9.17) is 0 Å². The van der Waals surface area contributed by atoms with Crippen LogP contribution in [0.1, 0.15) is 5.56 Å². The van der Waals surface area contributed by atoms with E-state index in [0.717, 1.165) is 20.8 Å². The number of aromatic nitrogens is 1. The van der Waals surface area contributed by atoms with Crippen molar-refractivity contribution >= 4 is 21.6 Å². The Balaban J connectivity index is 2.22. The van der Waals surface area contributed by atoms with Gasteiger partial charge in [-0.1, -0.05) is 18.2 Å². The Morgan fingerprint density at radius 1 is 1.12 bits per heavy atom. The van der Waals surface area contributed by atoms with E-state index in [0.29, 0.717) is 0 Å². The van der Waals surface area contributed by atoms with E-state index in [1.54, 1.807) is 17.4 Å². The molecule has 0 aliphatic carbocycles. The fraction of sp³-hybridized carbons (Fsp3) is 0.0714. The van der Waals surface area contributed by atoms with E-state index in [1.807, 2.05) is 18.2 Å².